The number of methoxy groups -OCH3 is 3. The molecule has 1 aliphatic carbocycles. The number of ketones is 2. The van der Waals surface area contributed by atoms with Crippen molar-refractivity contribution < 1.29 is 58.2 Å². The Morgan fingerprint density at radius 1 is 0.942 bits per heavy atom. The Morgan fingerprint density at radius 3 is 2.36 bits per heavy atom. The molecule has 15 nitrogen and oxygen atoms in total. The average Bonchev–Trinajstić information content (AvgIpc) is 3.74. The first-order chi connectivity index (χ1) is 33.0. The molecule has 4 heterocycles. The highest BCUT2D eigenvalue weighted by Gasteiger charge is 2.56. The third kappa shape index (κ3) is 12.8. The average molecular weight is 964 g/mol. The van der Waals surface area contributed by atoms with Crippen LogP contribution in [-0.4, -0.2) is 137 Å². The largest absolute Gasteiger partial charge is 0.456 e. The van der Waals surface area contributed by atoms with Crippen molar-refractivity contribution in [3.63, 3.8) is 0 Å². The number of fused-ring (bicyclic) bond motifs is 4. The van der Waals surface area contributed by atoms with Gasteiger partial charge in [-0.05, 0) is 125 Å². The number of esters is 1. The van der Waals surface area contributed by atoms with Gasteiger partial charge in [0.2, 0.25) is 5.79 Å². The Labute approximate surface area is 409 Å². The number of aliphatic hydroxyl groups excluding tert-OH is 2. The molecule has 0 radical (unpaired) electrons. The molecule has 2 bridgehead atoms. The highest BCUT2D eigenvalue weighted by atomic mass is 16.7. The standard InChI is InChI=1S/C54H81N3O12/c1-10-39-24-32(2)23-33(3)25-47(66-8)50-48(67-9)27-35(5)54(64,69-50)51(61)52(62)57-19-12-11-13-43(57)53(63)68-49(36(6)44(59)30-45(39)60)34(4)26-37-14-16-41(46(29-37)65-7)55-31-38-15-17-42-40(28-38)18-20-56(42)21-22-58/h15,17-18,20,24,26,28,33,35-37,39,41,43-44,46-50,55,58-59,64H,10-14,16,19,21-23,25,27,29-31H2,1-9H3. The van der Waals surface area contributed by atoms with Crippen molar-refractivity contribution in [1.82, 2.24) is 14.8 Å². The molecule has 1 saturated carbocycles. The van der Waals surface area contributed by atoms with Gasteiger partial charge in [0.1, 0.15) is 24.0 Å². The zero-order chi connectivity index (χ0) is 50.2. The van der Waals surface area contributed by atoms with Crippen LogP contribution in [0.25, 0.3) is 10.9 Å². The zero-order valence-electron chi connectivity index (χ0n) is 42.6. The summed E-state index contributed by atoms with van der Waals surface area (Å²) in [6.07, 6.45) is 7.19. The van der Waals surface area contributed by atoms with Gasteiger partial charge < -0.3 is 53.8 Å². The van der Waals surface area contributed by atoms with Crippen LogP contribution in [0, 0.1) is 29.6 Å². The summed E-state index contributed by atoms with van der Waals surface area (Å²) < 4.78 is 32.6. The highest BCUT2D eigenvalue weighted by Crippen LogP contribution is 2.39. The molecule has 69 heavy (non-hydrogen) atoms. The lowest BCUT2D eigenvalue weighted by molar-refractivity contribution is -0.302. The Hall–Kier alpha value is -3.80. The van der Waals surface area contributed by atoms with Gasteiger partial charge in [0.15, 0.2) is 0 Å². The Bertz CT molecular complexity index is 2140. The van der Waals surface area contributed by atoms with Gasteiger partial charge in [-0.15, -0.1) is 0 Å². The SMILES string of the molecule is CCC1C=C(C)CC(C)CC(OC)C2OC(O)(C(=O)C(=O)N3CCCCC3C(=O)OC(C(C)=CC3CCC(NCc4ccc5c(ccn5CCO)c4)C(OC)C3)C(C)C(O)CC1=O)C(C)CC2OC. The number of carbonyl (C=O) groups is 4. The van der Waals surface area contributed by atoms with E-state index in [4.69, 9.17) is 23.7 Å². The van der Waals surface area contributed by atoms with Crippen molar-refractivity contribution in [3.8, 4) is 0 Å². The third-order valence-corrected chi connectivity index (χ3v) is 15.7. The van der Waals surface area contributed by atoms with Crippen molar-refractivity contribution in [2.45, 2.75) is 180 Å². The number of aliphatic hydroxyl groups is 3. The van der Waals surface area contributed by atoms with E-state index in [0.717, 1.165) is 34.9 Å². The third-order valence-electron chi connectivity index (χ3n) is 15.7. The minimum atomic E-state index is -2.51. The highest BCUT2D eigenvalue weighted by molar-refractivity contribution is 6.39. The summed E-state index contributed by atoms with van der Waals surface area (Å²) in [5.74, 6) is -7.45. The van der Waals surface area contributed by atoms with E-state index in [1.54, 1.807) is 28.1 Å². The molecule has 2 saturated heterocycles. The number of allylic oxidation sites excluding steroid dienone is 3. The molecular weight excluding hydrogens is 883 g/mol. The maximum atomic E-state index is 14.6. The molecule has 4 aliphatic rings. The number of Topliss-reactive ketones (excluding diaryl/α,β-unsaturated/α-hetero) is 2. The number of aromatic nitrogens is 1. The summed E-state index contributed by atoms with van der Waals surface area (Å²) >= 11 is 0. The molecule has 4 N–H and O–H groups in total. The Kier molecular flexibility index (Phi) is 19.4. The molecule has 2 aromatic rings. The molecule has 15 heteroatoms. The lowest BCUT2D eigenvalue weighted by Gasteiger charge is -2.47. The van der Waals surface area contributed by atoms with E-state index in [1.165, 1.54) is 12.0 Å². The maximum Gasteiger partial charge on any atom is 0.329 e. The number of hydrogen-bond acceptors (Lipinski definition) is 13. The van der Waals surface area contributed by atoms with Gasteiger partial charge in [0.05, 0.1) is 31.0 Å². The van der Waals surface area contributed by atoms with Crippen LogP contribution in [0.5, 0.6) is 0 Å². The summed E-state index contributed by atoms with van der Waals surface area (Å²) in [5, 5.41) is 38.3. The number of piperidine rings is 1. The number of benzene rings is 1. The first-order valence-electron chi connectivity index (χ1n) is 25.5. The van der Waals surface area contributed by atoms with Crippen LogP contribution in [-0.2, 0) is 56.0 Å². The Balaban J connectivity index is 1.26. The van der Waals surface area contributed by atoms with E-state index in [9.17, 15) is 34.5 Å². The lowest BCUT2D eigenvalue weighted by Crippen LogP contribution is -2.64. The van der Waals surface area contributed by atoms with E-state index >= 15 is 0 Å². The fraction of sp³-hybridized carbons (Fsp3) is 0.704. The van der Waals surface area contributed by atoms with E-state index in [0.29, 0.717) is 57.2 Å². The van der Waals surface area contributed by atoms with Gasteiger partial charge in [0, 0.05) is 82.9 Å². The molecule has 1 aromatic carbocycles. The zero-order valence-corrected chi connectivity index (χ0v) is 42.6. The van der Waals surface area contributed by atoms with E-state index < -0.39 is 77.8 Å². The van der Waals surface area contributed by atoms with Crippen LogP contribution in [0.3, 0.4) is 0 Å². The molecule has 1 amide bonds. The van der Waals surface area contributed by atoms with Crippen LogP contribution < -0.4 is 5.32 Å². The molecule has 1 aromatic heterocycles. The summed E-state index contributed by atoms with van der Waals surface area (Å²) in [6.45, 7) is 12.7. The van der Waals surface area contributed by atoms with Crippen LogP contribution in [0.15, 0.2) is 53.8 Å². The number of nitrogens with one attached hydrogen (secondary N) is 1. The van der Waals surface area contributed by atoms with Crippen molar-refractivity contribution in [3.05, 3.63) is 59.3 Å². The van der Waals surface area contributed by atoms with Gasteiger partial charge in [-0.3, -0.25) is 14.4 Å². The van der Waals surface area contributed by atoms with Crippen LogP contribution in [0.2, 0.25) is 0 Å². The lowest BCUT2D eigenvalue weighted by atomic mass is 9.80. The van der Waals surface area contributed by atoms with Crippen LogP contribution in [0.4, 0.5) is 0 Å². The molecule has 3 aliphatic heterocycles. The summed E-state index contributed by atoms with van der Waals surface area (Å²) in [4.78, 5) is 58.6. The Morgan fingerprint density at radius 2 is 1.67 bits per heavy atom. The van der Waals surface area contributed by atoms with E-state index in [-0.39, 0.29) is 62.2 Å². The topological polar surface area (TPSA) is 195 Å². The van der Waals surface area contributed by atoms with Gasteiger partial charge in [-0.1, -0.05) is 51.5 Å². The predicted molar refractivity (Wildman–Crippen MR) is 262 cm³/mol. The number of cyclic esters (lactones) is 1. The number of amides is 1. The summed E-state index contributed by atoms with van der Waals surface area (Å²) in [6, 6.07) is 7.37. The second-order valence-electron chi connectivity index (χ2n) is 20.7. The fourth-order valence-corrected chi connectivity index (χ4v) is 11.6. The number of hydrogen-bond donors (Lipinski definition) is 4. The number of ether oxygens (including phenoxy) is 5. The minimum Gasteiger partial charge on any atom is -0.456 e. The van der Waals surface area contributed by atoms with Crippen LogP contribution >= 0.6 is 0 Å². The molecule has 3 fully saturated rings. The summed E-state index contributed by atoms with van der Waals surface area (Å²) in [7, 11) is 4.80. The van der Waals surface area contributed by atoms with Crippen LogP contribution in [0.1, 0.15) is 118 Å². The van der Waals surface area contributed by atoms with Crippen molar-refractivity contribution in [1.29, 1.82) is 0 Å². The van der Waals surface area contributed by atoms with E-state index in [1.807, 2.05) is 37.6 Å². The second kappa shape index (κ2) is 24.6. The van der Waals surface area contributed by atoms with Gasteiger partial charge in [-0.2, -0.15) is 0 Å². The van der Waals surface area contributed by atoms with E-state index in [2.05, 4.69) is 42.6 Å². The second-order valence-corrected chi connectivity index (χ2v) is 20.7. The molecular formula is C54H81N3O12. The molecule has 384 valence electrons. The minimum absolute atomic E-state index is 0.0289. The summed E-state index contributed by atoms with van der Waals surface area (Å²) in [5.41, 5.74) is 3.93. The number of carbonyl (C=O) groups excluding carboxylic acids is 4. The van der Waals surface area contributed by atoms with Gasteiger partial charge in [0.25, 0.3) is 11.7 Å². The molecule has 14 unspecified atom stereocenters. The van der Waals surface area contributed by atoms with Crippen molar-refractivity contribution >= 4 is 34.3 Å². The smallest absolute Gasteiger partial charge is 0.329 e. The van der Waals surface area contributed by atoms with Gasteiger partial charge in [-0.25, -0.2) is 4.79 Å². The monoisotopic (exact) mass is 964 g/mol. The molecule has 14 atom stereocenters. The van der Waals surface area contributed by atoms with Gasteiger partial charge >= 0.3 is 5.97 Å². The normalized spacial score (nSPS) is 35.3. The first kappa shape index (κ1) is 54.5. The fourth-order valence-electron chi connectivity index (χ4n) is 11.6. The number of rotatable bonds is 11. The number of nitrogens with zero attached hydrogens (tertiary/aromatic N) is 2. The molecule has 6 rings (SSSR count). The molecule has 0 spiro atoms. The predicted octanol–water partition coefficient (Wildman–Crippen LogP) is 6.22. The van der Waals surface area contributed by atoms with Crippen molar-refractivity contribution in [2.24, 2.45) is 29.6 Å². The first-order valence-corrected chi connectivity index (χ1v) is 25.5. The maximum absolute atomic E-state index is 14.6. The quantitative estimate of drug-likeness (QED) is 0.113. The van der Waals surface area contributed by atoms with Crippen molar-refractivity contribution in [2.75, 3.05) is 34.5 Å².